The summed E-state index contributed by atoms with van der Waals surface area (Å²) >= 11 is 0. The molecule has 0 bridgehead atoms. The van der Waals surface area contributed by atoms with Crippen molar-refractivity contribution in [1.29, 1.82) is 0 Å². The molecule has 0 aromatic rings. The molecule has 0 unspecified atom stereocenters. The zero-order valence-electron chi connectivity index (χ0n) is 25.9. The lowest BCUT2D eigenvalue weighted by atomic mass is 9.32. The van der Waals surface area contributed by atoms with Gasteiger partial charge in [-0.05, 0) is 122 Å². The third-order valence-electron chi connectivity index (χ3n) is 14.7. The molecule has 0 aliphatic heterocycles. The third kappa shape index (κ3) is 4.02. The zero-order valence-corrected chi connectivity index (χ0v) is 25.9. The van der Waals surface area contributed by atoms with Gasteiger partial charge in [0.15, 0.2) is 0 Å². The lowest BCUT2D eigenvalue weighted by molar-refractivity contribution is -0.249. The maximum absolute atomic E-state index is 12.7. The van der Waals surface area contributed by atoms with Gasteiger partial charge >= 0.3 is 5.97 Å². The molecule has 0 radical (unpaired) electrons. The van der Waals surface area contributed by atoms with Crippen LogP contribution in [0, 0.1) is 56.7 Å². The average molecular weight is 513 g/mol. The normalized spacial score (nSPS) is 50.4. The molecule has 5 aliphatic carbocycles. The highest BCUT2D eigenvalue weighted by Gasteiger charge is 2.70. The fourth-order valence-electron chi connectivity index (χ4n) is 12.5. The van der Waals surface area contributed by atoms with Crippen LogP contribution in [0.4, 0.5) is 0 Å². The van der Waals surface area contributed by atoms with E-state index in [1.165, 1.54) is 64.2 Å². The number of rotatable bonds is 6. The van der Waals surface area contributed by atoms with Crippen molar-refractivity contribution in [2.24, 2.45) is 56.7 Å². The SMILES string of the molecule is CCCCCC(=O)O[C@@H]1CC[C@@]2(C)[C@H]3CC[C@H]4[C@H]5[C@H](CC)CC[C@]5(C)CC[C@@]4(C)[C@]3(C)CC[C@H]2C1(C)C. The van der Waals surface area contributed by atoms with Gasteiger partial charge in [-0.3, -0.25) is 4.79 Å². The average Bonchev–Trinajstić information content (AvgIpc) is 3.18. The van der Waals surface area contributed by atoms with Crippen LogP contribution in [-0.4, -0.2) is 12.1 Å². The molecule has 0 spiro atoms. The van der Waals surface area contributed by atoms with Gasteiger partial charge in [0, 0.05) is 11.8 Å². The molecule has 2 heteroatoms. The fourth-order valence-corrected chi connectivity index (χ4v) is 12.5. The van der Waals surface area contributed by atoms with Crippen molar-refractivity contribution in [3.05, 3.63) is 0 Å². The van der Waals surface area contributed by atoms with Gasteiger partial charge < -0.3 is 4.74 Å². The van der Waals surface area contributed by atoms with E-state index in [4.69, 9.17) is 4.74 Å². The first-order valence-corrected chi connectivity index (χ1v) is 16.6. The third-order valence-corrected chi connectivity index (χ3v) is 14.7. The van der Waals surface area contributed by atoms with Gasteiger partial charge in [0.2, 0.25) is 0 Å². The van der Waals surface area contributed by atoms with Gasteiger partial charge in [-0.15, -0.1) is 0 Å². The van der Waals surface area contributed by atoms with Crippen molar-refractivity contribution in [2.75, 3.05) is 0 Å². The summed E-state index contributed by atoms with van der Waals surface area (Å²) in [6, 6.07) is 0. The first kappa shape index (κ1) is 28.0. The second-order valence-electron chi connectivity index (χ2n) is 16.4. The van der Waals surface area contributed by atoms with Crippen LogP contribution in [0.2, 0.25) is 0 Å². The molecule has 0 aromatic carbocycles. The van der Waals surface area contributed by atoms with E-state index in [1.54, 1.807) is 0 Å². The maximum atomic E-state index is 12.7. The van der Waals surface area contributed by atoms with Crippen LogP contribution in [0.3, 0.4) is 0 Å². The van der Waals surface area contributed by atoms with Crippen molar-refractivity contribution < 1.29 is 9.53 Å². The number of ether oxygens (including phenoxy) is 1. The largest absolute Gasteiger partial charge is 0.462 e. The Morgan fingerprint density at radius 3 is 2.22 bits per heavy atom. The van der Waals surface area contributed by atoms with Crippen LogP contribution in [0.1, 0.15) is 152 Å². The summed E-state index contributed by atoms with van der Waals surface area (Å²) in [4.78, 5) is 12.7. The van der Waals surface area contributed by atoms with Crippen LogP contribution in [0.15, 0.2) is 0 Å². The van der Waals surface area contributed by atoms with Crippen molar-refractivity contribution in [2.45, 2.75) is 158 Å². The highest BCUT2D eigenvalue weighted by molar-refractivity contribution is 5.69. The van der Waals surface area contributed by atoms with E-state index < -0.39 is 0 Å². The van der Waals surface area contributed by atoms with Gasteiger partial charge in [-0.2, -0.15) is 0 Å². The van der Waals surface area contributed by atoms with E-state index in [0.29, 0.717) is 34.0 Å². The molecule has 212 valence electrons. The van der Waals surface area contributed by atoms with E-state index in [1.807, 2.05) is 0 Å². The second-order valence-corrected chi connectivity index (χ2v) is 16.4. The molecular weight excluding hydrogens is 452 g/mol. The van der Waals surface area contributed by atoms with Gasteiger partial charge in [-0.25, -0.2) is 0 Å². The molecule has 10 atom stereocenters. The summed E-state index contributed by atoms with van der Waals surface area (Å²) in [7, 11) is 0. The lowest BCUT2D eigenvalue weighted by Gasteiger charge is -2.73. The smallest absolute Gasteiger partial charge is 0.306 e. The molecule has 0 aromatic heterocycles. The topological polar surface area (TPSA) is 26.3 Å². The van der Waals surface area contributed by atoms with E-state index in [9.17, 15) is 4.79 Å². The highest BCUT2D eigenvalue weighted by atomic mass is 16.5. The minimum Gasteiger partial charge on any atom is -0.462 e. The first-order chi connectivity index (χ1) is 17.4. The van der Waals surface area contributed by atoms with Crippen LogP contribution >= 0.6 is 0 Å². The standard InChI is InChI=1S/C35H60O2/c1-9-11-12-13-29(36)37-28-18-20-33(6)26(31(28,3)4)17-21-35(8)27(33)15-14-25-30-24(10-2)16-19-32(30,5)22-23-34(25,35)7/h24-28,30H,9-23H2,1-8H3/t24-,25+,26+,27-,28-,30-,32-,33-,34-,35-/m1/s1. The predicted molar refractivity (Wildman–Crippen MR) is 154 cm³/mol. The Kier molecular flexibility index (Phi) is 7.22. The number of hydrogen-bond donors (Lipinski definition) is 0. The number of fused-ring (bicyclic) bond motifs is 7. The Bertz CT molecular complexity index is 861. The maximum Gasteiger partial charge on any atom is 0.306 e. The van der Waals surface area contributed by atoms with Crippen LogP contribution < -0.4 is 0 Å². The number of hydrogen-bond acceptors (Lipinski definition) is 2. The Labute approximate surface area is 229 Å². The Morgan fingerprint density at radius 1 is 0.757 bits per heavy atom. The quantitative estimate of drug-likeness (QED) is 0.261. The highest BCUT2D eigenvalue weighted by Crippen LogP contribution is 2.77. The number of esters is 1. The zero-order chi connectivity index (χ0) is 26.9. The van der Waals surface area contributed by atoms with Crippen molar-refractivity contribution in [3.63, 3.8) is 0 Å². The lowest BCUT2D eigenvalue weighted by Crippen LogP contribution is -2.66. The van der Waals surface area contributed by atoms with Crippen molar-refractivity contribution in [3.8, 4) is 0 Å². The fraction of sp³-hybridized carbons (Fsp3) is 0.971. The summed E-state index contributed by atoms with van der Waals surface area (Å²) < 4.78 is 6.26. The van der Waals surface area contributed by atoms with Gasteiger partial charge in [0.25, 0.3) is 0 Å². The molecule has 0 amide bonds. The molecule has 2 nitrogen and oxygen atoms in total. The molecule has 5 fully saturated rings. The predicted octanol–water partition coefficient (Wildman–Crippen LogP) is 9.99. The monoisotopic (exact) mass is 512 g/mol. The van der Waals surface area contributed by atoms with Crippen LogP contribution in [0.5, 0.6) is 0 Å². The Hall–Kier alpha value is -0.530. The van der Waals surface area contributed by atoms with Crippen molar-refractivity contribution in [1.82, 2.24) is 0 Å². The minimum absolute atomic E-state index is 0.0519. The van der Waals surface area contributed by atoms with E-state index in [-0.39, 0.29) is 17.5 Å². The summed E-state index contributed by atoms with van der Waals surface area (Å²) in [6.45, 7) is 20.5. The van der Waals surface area contributed by atoms with Gasteiger partial charge in [-0.1, -0.05) is 74.7 Å². The van der Waals surface area contributed by atoms with Crippen molar-refractivity contribution >= 4 is 5.97 Å². The molecule has 37 heavy (non-hydrogen) atoms. The molecule has 5 saturated carbocycles. The van der Waals surface area contributed by atoms with Gasteiger partial charge in [0.1, 0.15) is 6.10 Å². The van der Waals surface area contributed by atoms with Gasteiger partial charge in [0.05, 0.1) is 0 Å². The first-order valence-electron chi connectivity index (χ1n) is 16.6. The summed E-state index contributed by atoms with van der Waals surface area (Å²) in [6.07, 6.45) is 19.1. The minimum atomic E-state index is 0.0519. The van der Waals surface area contributed by atoms with E-state index in [0.717, 1.165) is 49.4 Å². The van der Waals surface area contributed by atoms with Crippen LogP contribution in [-0.2, 0) is 9.53 Å². The Balaban J connectivity index is 1.39. The summed E-state index contributed by atoms with van der Waals surface area (Å²) in [5.41, 5.74) is 1.98. The molecule has 0 N–H and O–H groups in total. The molecule has 0 saturated heterocycles. The molecule has 5 aliphatic rings. The van der Waals surface area contributed by atoms with E-state index >= 15 is 0 Å². The second kappa shape index (κ2) is 9.54. The van der Waals surface area contributed by atoms with E-state index in [2.05, 4.69) is 55.4 Å². The molecule has 0 heterocycles. The molecular formula is C35H60O2. The molecule has 5 rings (SSSR count). The Morgan fingerprint density at radius 2 is 1.51 bits per heavy atom. The van der Waals surface area contributed by atoms with Crippen LogP contribution in [0.25, 0.3) is 0 Å². The number of carbonyl (C=O) groups excluding carboxylic acids is 1. The summed E-state index contributed by atoms with van der Waals surface area (Å²) in [5, 5.41) is 0. The number of unbranched alkanes of at least 4 members (excludes halogenated alkanes) is 2. The summed E-state index contributed by atoms with van der Waals surface area (Å²) in [5.74, 6) is 4.36. The number of carbonyl (C=O) groups is 1.